The third-order valence-corrected chi connectivity index (χ3v) is 6.55. The van der Waals surface area contributed by atoms with Crippen LogP contribution < -0.4 is 9.86 Å². The summed E-state index contributed by atoms with van der Waals surface area (Å²) in [6.45, 7) is 1.71. The van der Waals surface area contributed by atoms with E-state index in [4.69, 9.17) is 5.14 Å². The van der Waals surface area contributed by atoms with Crippen LogP contribution in [0.2, 0.25) is 0 Å². The van der Waals surface area contributed by atoms with Gasteiger partial charge in [-0.2, -0.15) is 0 Å². The predicted octanol–water partition coefficient (Wildman–Crippen LogP) is 1.72. The third-order valence-electron chi connectivity index (χ3n) is 3.78. The number of nitrogens with two attached hydrogens (primary N) is 1. The number of anilines is 1. The zero-order chi connectivity index (χ0) is 15.7. The van der Waals surface area contributed by atoms with Gasteiger partial charge in [-0.3, -0.25) is 4.72 Å². The summed E-state index contributed by atoms with van der Waals surface area (Å²) in [6, 6.07) is 4.17. The minimum absolute atomic E-state index is 0.102. The quantitative estimate of drug-likeness (QED) is 0.875. The molecule has 0 radical (unpaired) electrons. The van der Waals surface area contributed by atoms with E-state index in [-0.39, 0.29) is 10.6 Å². The van der Waals surface area contributed by atoms with Crippen LogP contribution in [-0.2, 0) is 20.0 Å². The molecule has 21 heavy (non-hydrogen) atoms. The Morgan fingerprint density at radius 3 is 2.29 bits per heavy atom. The van der Waals surface area contributed by atoms with Crippen molar-refractivity contribution >= 4 is 25.7 Å². The lowest BCUT2D eigenvalue weighted by Crippen LogP contribution is -2.30. The summed E-state index contributed by atoms with van der Waals surface area (Å²) in [6.07, 6.45) is 4.15. The number of hydrogen-bond donors (Lipinski definition) is 2. The van der Waals surface area contributed by atoms with Gasteiger partial charge in [-0.15, -0.1) is 0 Å². The van der Waals surface area contributed by atoms with Gasteiger partial charge in [0.1, 0.15) is 0 Å². The van der Waals surface area contributed by atoms with Gasteiger partial charge in [0.2, 0.25) is 20.0 Å². The summed E-state index contributed by atoms with van der Waals surface area (Å²) in [5.74, 6) is 0. The molecule has 0 heterocycles. The van der Waals surface area contributed by atoms with Gasteiger partial charge >= 0.3 is 0 Å². The van der Waals surface area contributed by atoms with E-state index in [1.54, 1.807) is 13.0 Å². The first kappa shape index (κ1) is 16.3. The van der Waals surface area contributed by atoms with Crippen molar-refractivity contribution in [1.29, 1.82) is 0 Å². The average molecular weight is 332 g/mol. The zero-order valence-electron chi connectivity index (χ0n) is 11.9. The van der Waals surface area contributed by atoms with E-state index >= 15 is 0 Å². The topological polar surface area (TPSA) is 106 Å². The summed E-state index contributed by atoms with van der Waals surface area (Å²) < 4.78 is 50.0. The molecule has 1 aliphatic carbocycles. The second-order valence-corrected chi connectivity index (χ2v) is 8.95. The van der Waals surface area contributed by atoms with Gasteiger partial charge in [-0.1, -0.05) is 25.3 Å². The lowest BCUT2D eigenvalue weighted by Gasteiger charge is -2.23. The molecule has 3 N–H and O–H groups in total. The van der Waals surface area contributed by atoms with Crippen LogP contribution in [-0.4, -0.2) is 22.1 Å². The van der Waals surface area contributed by atoms with Crippen LogP contribution in [0.25, 0.3) is 0 Å². The highest BCUT2D eigenvalue weighted by atomic mass is 32.2. The fourth-order valence-corrected chi connectivity index (χ4v) is 4.69. The molecule has 0 aliphatic heterocycles. The van der Waals surface area contributed by atoms with Crippen molar-refractivity contribution in [2.24, 2.45) is 5.14 Å². The normalized spacial score (nSPS) is 17.6. The van der Waals surface area contributed by atoms with Crippen LogP contribution in [0.4, 0.5) is 5.69 Å². The SMILES string of the molecule is Cc1ccc(S(N)(=O)=O)cc1NS(=O)(=O)C1CCCCC1. The fraction of sp³-hybridized carbons (Fsp3) is 0.538. The van der Waals surface area contributed by atoms with Gasteiger partial charge in [0, 0.05) is 0 Å². The third kappa shape index (κ3) is 3.96. The smallest absolute Gasteiger partial charge is 0.238 e. The highest BCUT2D eigenvalue weighted by Crippen LogP contribution is 2.27. The monoisotopic (exact) mass is 332 g/mol. The van der Waals surface area contributed by atoms with E-state index in [0.717, 1.165) is 19.3 Å². The second kappa shape index (κ2) is 5.94. The molecule has 0 saturated heterocycles. The van der Waals surface area contributed by atoms with E-state index in [1.165, 1.54) is 12.1 Å². The first-order chi connectivity index (χ1) is 9.70. The van der Waals surface area contributed by atoms with Crippen LogP contribution in [0.3, 0.4) is 0 Å². The minimum atomic E-state index is -3.86. The van der Waals surface area contributed by atoms with Crippen LogP contribution in [0.15, 0.2) is 23.1 Å². The lowest BCUT2D eigenvalue weighted by molar-refractivity contribution is 0.486. The van der Waals surface area contributed by atoms with Crippen molar-refractivity contribution in [1.82, 2.24) is 0 Å². The summed E-state index contributed by atoms with van der Waals surface area (Å²) in [7, 11) is -7.36. The van der Waals surface area contributed by atoms with Crippen LogP contribution in [0.1, 0.15) is 37.7 Å². The molecule has 0 aromatic heterocycles. The van der Waals surface area contributed by atoms with Crippen molar-refractivity contribution in [3.8, 4) is 0 Å². The van der Waals surface area contributed by atoms with Crippen molar-refractivity contribution < 1.29 is 16.8 Å². The molecule has 0 unspecified atom stereocenters. The Labute approximate surface area is 125 Å². The standard InChI is InChI=1S/C13H20N2O4S2/c1-10-7-8-12(20(14,16)17)9-13(10)15-21(18,19)11-5-3-2-4-6-11/h7-9,11,15H,2-6H2,1H3,(H2,14,16,17). The molecule has 0 amide bonds. The number of primary sulfonamides is 1. The maximum atomic E-state index is 12.4. The minimum Gasteiger partial charge on any atom is -0.283 e. The van der Waals surface area contributed by atoms with Gasteiger partial charge < -0.3 is 0 Å². The zero-order valence-corrected chi connectivity index (χ0v) is 13.5. The Morgan fingerprint density at radius 2 is 1.71 bits per heavy atom. The number of hydrogen-bond acceptors (Lipinski definition) is 4. The van der Waals surface area contributed by atoms with Gasteiger partial charge in [0.15, 0.2) is 0 Å². The van der Waals surface area contributed by atoms with Crippen LogP contribution in [0.5, 0.6) is 0 Å². The number of aryl methyl sites for hydroxylation is 1. The lowest BCUT2D eigenvalue weighted by atomic mass is 10.0. The molecule has 0 spiro atoms. The summed E-state index contributed by atoms with van der Waals surface area (Å²) in [5.41, 5.74) is 0.925. The molecule has 1 aliphatic rings. The first-order valence-electron chi connectivity index (χ1n) is 6.85. The first-order valence-corrected chi connectivity index (χ1v) is 9.94. The molecular weight excluding hydrogens is 312 g/mol. The molecule has 8 heteroatoms. The van der Waals surface area contributed by atoms with E-state index in [9.17, 15) is 16.8 Å². The van der Waals surface area contributed by atoms with Gasteiger partial charge in [0.05, 0.1) is 15.8 Å². The Hall–Kier alpha value is -1.12. The van der Waals surface area contributed by atoms with Gasteiger partial charge in [0.25, 0.3) is 0 Å². The molecule has 2 rings (SSSR count). The molecule has 118 valence electrons. The molecule has 1 saturated carbocycles. The number of rotatable bonds is 4. The van der Waals surface area contributed by atoms with E-state index in [2.05, 4.69) is 4.72 Å². The maximum Gasteiger partial charge on any atom is 0.238 e. The van der Waals surface area contributed by atoms with E-state index in [0.29, 0.717) is 18.4 Å². The van der Waals surface area contributed by atoms with Crippen LogP contribution >= 0.6 is 0 Å². The van der Waals surface area contributed by atoms with Gasteiger partial charge in [-0.25, -0.2) is 22.0 Å². The summed E-state index contributed by atoms with van der Waals surface area (Å²) in [4.78, 5) is -0.102. The largest absolute Gasteiger partial charge is 0.283 e. The highest BCUT2D eigenvalue weighted by molar-refractivity contribution is 7.93. The van der Waals surface area contributed by atoms with Crippen LogP contribution in [0, 0.1) is 6.92 Å². The Balaban J connectivity index is 2.30. The van der Waals surface area contributed by atoms with Crippen molar-refractivity contribution in [2.75, 3.05) is 4.72 Å². The highest BCUT2D eigenvalue weighted by Gasteiger charge is 2.27. The molecule has 1 aromatic carbocycles. The molecule has 1 fully saturated rings. The van der Waals surface area contributed by atoms with Gasteiger partial charge in [-0.05, 0) is 37.5 Å². The fourth-order valence-electron chi connectivity index (χ4n) is 2.50. The second-order valence-electron chi connectivity index (χ2n) is 5.43. The van der Waals surface area contributed by atoms with Crippen molar-refractivity contribution in [3.05, 3.63) is 23.8 Å². The predicted molar refractivity (Wildman–Crippen MR) is 82.0 cm³/mol. The Bertz CT molecular complexity index is 721. The molecular formula is C13H20N2O4S2. The summed E-state index contributed by atoms with van der Waals surface area (Å²) >= 11 is 0. The van der Waals surface area contributed by atoms with Crippen molar-refractivity contribution in [3.63, 3.8) is 0 Å². The summed E-state index contributed by atoms with van der Waals surface area (Å²) in [5, 5.41) is 4.66. The molecule has 0 atom stereocenters. The molecule has 0 bridgehead atoms. The maximum absolute atomic E-state index is 12.4. The molecule has 6 nitrogen and oxygen atoms in total. The van der Waals surface area contributed by atoms with Crippen molar-refractivity contribution in [2.45, 2.75) is 49.2 Å². The Morgan fingerprint density at radius 1 is 1.10 bits per heavy atom. The number of sulfonamides is 2. The Kier molecular flexibility index (Phi) is 4.60. The van der Waals surface area contributed by atoms with E-state index in [1.807, 2.05) is 0 Å². The number of nitrogens with one attached hydrogen (secondary N) is 1. The average Bonchev–Trinajstić information content (AvgIpc) is 2.41. The molecule has 1 aromatic rings. The number of benzene rings is 1. The van der Waals surface area contributed by atoms with E-state index < -0.39 is 25.3 Å².